The van der Waals surface area contributed by atoms with E-state index in [4.69, 9.17) is 15.2 Å². The molecule has 1 aliphatic rings. The van der Waals surface area contributed by atoms with Crippen LogP contribution in [0.4, 0.5) is 0 Å². The molecule has 0 saturated heterocycles. The van der Waals surface area contributed by atoms with Crippen molar-refractivity contribution in [3.05, 3.63) is 29.8 Å². The van der Waals surface area contributed by atoms with Crippen molar-refractivity contribution >= 4 is 0 Å². The summed E-state index contributed by atoms with van der Waals surface area (Å²) in [5.41, 5.74) is 6.44. The Kier molecular flexibility index (Phi) is 4.25. The Hall–Kier alpha value is -1.06. The van der Waals surface area contributed by atoms with Crippen LogP contribution in [0.3, 0.4) is 0 Å². The zero-order valence-corrected chi connectivity index (χ0v) is 11.3. The van der Waals surface area contributed by atoms with Crippen LogP contribution in [-0.4, -0.2) is 19.8 Å². The molecule has 0 amide bonds. The van der Waals surface area contributed by atoms with Gasteiger partial charge in [0, 0.05) is 13.7 Å². The Morgan fingerprint density at radius 2 is 1.83 bits per heavy atom. The Bertz CT molecular complexity index is 365. The molecule has 2 N–H and O–H groups in total. The van der Waals surface area contributed by atoms with Gasteiger partial charge in [-0.2, -0.15) is 0 Å². The number of ether oxygens (including phenoxy) is 2. The molecule has 100 valence electrons. The van der Waals surface area contributed by atoms with Crippen molar-refractivity contribution in [2.75, 3.05) is 13.7 Å². The lowest BCUT2D eigenvalue weighted by molar-refractivity contribution is 0.0100. The molecule has 1 saturated carbocycles. The van der Waals surface area contributed by atoms with Gasteiger partial charge in [-0.25, -0.2) is 0 Å². The molecule has 1 aromatic carbocycles. The maximum Gasteiger partial charge on any atom is 0.119 e. The number of benzene rings is 1. The summed E-state index contributed by atoms with van der Waals surface area (Å²) in [6.45, 7) is 2.46. The van der Waals surface area contributed by atoms with Gasteiger partial charge in [0.2, 0.25) is 0 Å². The van der Waals surface area contributed by atoms with E-state index < -0.39 is 5.60 Å². The number of rotatable bonds is 5. The standard InChI is InChI=1S/C15H23NO2/c1-15(11-16,17-2)12-7-9-14(10-8-12)18-13-5-3-4-6-13/h7-10,13H,3-6,11,16H2,1-2H3. The summed E-state index contributed by atoms with van der Waals surface area (Å²) in [6, 6.07) is 8.11. The lowest BCUT2D eigenvalue weighted by atomic mass is 9.96. The van der Waals surface area contributed by atoms with Crippen LogP contribution < -0.4 is 10.5 Å². The fourth-order valence-corrected chi connectivity index (χ4v) is 2.40. The molecule has 3 heteroatoms. The highest BCUT2D eigenvalue weighted by molar-refractivity contribution is 5.31. The van der Waals surface area contributed by atoms with E-state index in [2.05, 4.69) is 0 Å². The van der Waals surface area contributed by atoms with Crippen LogP contribution in [0, 0.1) is 0 Å². The molecule has 0 bridgehead atoms. The summed E-state index contributed by atoms with van der Waals surface area (Å²) >= 11 is 0. The van der Waals surface area contributed by atoms with Gasteiger partial charge in [0.25, 0.3) is 0 Å². The van der Waals surface area contributed by atoms with E-state index in [1.165, 1.54) is 25.7 Å². The first-order valence-corrected chi connectivity index (χ1v) is 6.70. The third kappa shape index (κ3) is 2.85. The SMILES string of the molecule is COC(C)(CN)c1ccc(OC2CCCC2)cc1. The summed E-state index contributed by atoms with van der Waals surface area (Å²) in [7, 11) is 1.69. The van der Waals surface area contributed by atoms with Crippen molar-refractivity contribution < 1.29 is 9.47 Å². The fourth-order valence-electron chi connectivity index (χ4n) is 2.40. The second-order valence-corrected chi connectivity index (χ2v) is 5.19. The summed E-state index contributed by atoms with van der Waals surface area (Å²) in [5, 5.41) is 0. The van der Waals surface area contributed by atoms with Crippen molar-refractivity contribution in [2.45, 2.75) is 44.3 Å². The monoisotopic (exact) mass is 249 g/mol. The van der Waals surface area contributed by atoms with Gasteiger partial charge in [-0.3, -0.25) is 0 Å². The van der Waals surface area contributed by atoms with Crippen LogP contribution >= 0.6 is 0 Å². The molecular formula is C15H23NO2. The number of hydrogen-bond acceptors (Lipinski definition) is 3. The van der Waals surface area contributed by atoms with Crippen LogP contribution in [0.5, 0.6) is 5.75 Å². The predicted molar refractivity (Wildman–Crippen MR) is 72.7 cm³/mol. The highest BCUT2D eigenvalue weighted by Gasteiger charge is 2.24. The minimum atomic E-state index is -0.411. The zero-order chi connectivity index (χ0) is 13.0. The van der Waals surface area contributed by atoms with E-state index in [0.29, 0.717) is 12.6 Å². The maximum absolute atomic E-state index is 5.94. The molecule has 1 fully saturated rings. The second kappa shape index (κ2) is 5.72. The number of methoxy groups -OCH3 is 1. The quantitative estimate of drug-likeness (QED) is 0.872. The lowest BCUT2D eigenvalue weighted by Gasteiger charge is -2.27. The van der Waals surface area contributed by atoms with Crippen LogP contribution in [0.2, 0.25) is 0 Å². The van der Waals surface area contributed by atoms with E-state index >= 15 is 0 Å². The highest BCUT2D eigenvalue weighted by Crippen LogP contribution is 2.28. The molecule has 1 aliphatic carbocycles. The summed E-state index contributed by atoms with van der Waals surface area (Å²) in [6.07, 6.45) is 5.34. The van der Waals surface area contributed by atoms with Crippen molar-refractivity contribution in [1.82, 2.24) is 0 Å². The average Bonchev–Trinajstić information content (AvgIpc) is 2.91. The van der Waals surface area contributed by atoms with E-state index in [-0.39, 0.29) is 0 Å². The highest BCUT2D eigenvalue weighted by atomic mass is 16.5. The largest absolute Gasteiger partial charge is 0.490 e. The first kappa shape index (κ1) is 13.4. The minimum Gasteiger partial charge on any atom is -0.490 e. The Balaban J connectivity index is 2.04. The molecule has 1 atom stereocenters. The molecule has 0 aromatic heterocycles. The molecule has 2 rings (SSSR count). The van der Waals surface area contributed by atoms with Crippen molar-refractivity contribution in [3.8, 4) is 5.75 Å². The van der Waals surface area contributed by atoms with Crippen LogP contribution in [0.25, 0.3) is 0 Å². The third-order valence-corrected chi connectivity index (χ3v) is 3.91. The molecule has 0 aliphatic heterocycles. The Morgan fingerprint density at radius 1 is 1.22 bits per heavy atom. The average molecular weight is 249 g/mol. The smallest absolute Gasteiger partial charge is 0.119 e. The first-order valence-electron chi connectivity index (χ1n) is 6.70. The van der Waals surface area contributed by atoms with Crippen LogP contribution in [0.15, 0.2) is 24.3 Å². The summed E-state index contributed by atoms with van der Waals surface area (Å²) in [4.78, 5) is 0. The molecular weight excluding hydrogens is 226 g/mol. The van der Waals surface area contributed by atoms with Gasteiger partial charge in [-0.05, 0) is 50.3 Å². The molecule has 1 unspecified atom stereocenters. The molecule has 18 heavy (non-hydrogen) atoms. The van der Waals surface area contributed by atoms with Crippen molar-refractivity contribution in [1.29, 1.82) is 0 Å². The van der Waals surface area contributed by atoms with Gasteiger partial charge >= 0.3 is 0 Å². The van der Waals surface area contributed by atoms with E-state index in [0.717, 1.165) is 11.3 Å². The fraction of sp³-hybridized carbons (Fsp3) is 0.600. The van der Waals surface area contributed by atoms with E-state index in [1.54, 1.807) is 7.11 Å². The van der Waals surface area contributed by atoms with Crippen LogP contribution in [0.1, 0.15) is 38.2 Å². The van der Waals surface area contributed by atoms with Gasteiger partial charge in [-0.1, -0.05) is 12.1 Å². The molecule has 3 nitrogen and oxygen atoms in total. The maximum atomic E-state index is 5.94. The third-order valence-electron chi connectivity index (χ3n) is 3.91. The van der Waals surface area contributed by atoms with E-state index in [1.807, 2.05) is 31.2 Å². The summed E-state index contributed by atoms with van der Waals surface area (Å²) < 4.78 is 11.4. The van der Waals surface area contributed by atoms with Crippen molar-refractivity contribution in [2.24, 2.45) is 5.73 Å². The normalized spacial score (nSPS) is 19.7. The number of nitrogens with two attached hydrogens (primary N) is 1. The molecule has 0 heterocycles. The van der Waals surface area contributed by atoms with Gasteiger partial charge in [-0.15, -0.1) is 0 Å². The Morgan fingerprint density at radius 3 is 2.33 bits per heavy atom. The van der Waals surface area contributed by atoms with Gasteiger partial charge in [0.15, 0.2) is 0 Å². The molecule has 0 radical (unpaired) electrons. The Labute approximate surface area is 109 Å². The van der Waals surface area contributed by atoms with E-state index in [9.17, 15) is 0 Å². The summed E-state index contributed by atoms with van der Waals surface area (Å²) in [5.74, 6) is 0.945. The molecule has 1 aromatic rings. The van der Waals surface area contributed by atoms with Gasteiger partial charge < -0.3 is 15.2 Å². The number of hydrogen-bond donors (Lipinski definition) is 1. The zero-order valence-electron chi connectivity index (χ0n) is 11.3. The van der Waals surface area contributed by atoms with Crippen LogP contribution in [-0.2, 0) is 10.3 Å². The van der Waals surface area contributed by atoms with Gasteiger partial charge in [0.05, 0.1) is 6.10 Å². The van der Waals surface area contributed by atoms with Gasteiger partial charge in [0.1, 0.15) is 11.4 Å². The molecule has 0 spiro atoms. The minimum absolute atomic E-state index is 0.402. The topological polar surface area (TPSA) is 44.5 Å². The lowest BCUT2D eigenvalue weighted by Crippen LogP contribution is -2.33. The second-order valence-electron chi connectivity index (χ2n) is 5.19. The predicted octanol–water partition coefficient (Wildman–Crippen LogP) is 2.83. The van der Waals surface area contributed by atoms with Crippen molar-refractivity contribution in [3.63, 3.8) is 0 Å². The first-order chi connectivity index (χ1) is 8.68.